The molecular formula is C36H31N3O. The van der Waals surface area contributed by atoms with Crippen LogP contribution in [0, 0.1) is 0 Å². The molecule has 0 fully saturated rings. The van der Waals surface area contributed by atoms with Crippen molar-refractivity contribution in [3.05, 3.63) is 114 Å². The van der Waals surface area contributed by atoms with E-state index in [-0.39, 0.29) is 0 Å². The molecule has 40 heavy (non-hydrogen) atoms. The van der Waals surface area contributed by atoms with Crippen molar-refractivity contribution in [2.45, 2.75) is 39.5 Å². The van der Waals surface area contributed by atoms with Gasteiger partial charge in [0.25, 0.3) is 0 Å². The molecule has 4 nitrogen and oxygen atoms in total. The topological polar surface area (TPSA) is 43.9 Å². The Hall–Kier alpha value is -4.70. The smallest absolute Gasteiger partial charge is 0.227 e. The van der Waals surface area contributed by atoms with Crippen LogP contribution >= 0.6 is 0 Å². The van der Waals surface area contributed by atoms with Crippen LogP contribution in [-0.4, -0.2) is 14.5 Å². The van der Waals surface area contributed by atoms with Gasteiger partial charge in [0.05, 0.1) is 16.7 Å². The molecular weight excluding hydrogens is 490 g/mol. The second-order valence-corrected chi connectivity index (χ2v) is 11.1. The van der Waals surface area contributed by atoms with Gasteiger partial charge >= 0.3 is 0 Å². The Kier molecular flexibility index (Phi) is 5.78. The molecule has 0 aliphatic rings. The van der Waals surface area contributed by atoms with Crippen LogP contribution in [0.3, 0.4) is 0 Å². The van der Waals surface area contributed by atoms with Gasteiger partial charge in [0.2, 0.25) is 5.71 Å². The third kappa shape index (κ3) is 3.91. The van der Waals surface area contributed by atoms with Gasteiger partial charge < -0.3 is 4.42 Å². The second-order valence-electron chi connectivity index (χ2n) is 11.1. The highest BCUT2D eigenvalue weighted by Gasteiger charge is 2.23. The number of nitrogens with zero attached hydrogens (tertiary/aromatic N) is 3. The number of hydrogen-bond donors (Lipinski definition) is 0. The molecule has 0 saturated carbocycles. The van der Waals surface area contributed by atoms with Crippen molar-refractivity contribution >= 4 is 33.1 Å². The molecule has 7 aromatic rings. The number of hydrogen-bond acceptors (Lipinski definition) is 3. The summed E-state index contributed by atoms with van der Waals surface area (Å²) in [6.07, 6.45) is 1.90. The molecule has 4 aromatic carbocycles. The average molecular weight is 522 g/mol. The minimum atomic E-state index is 0.359. The van der Waals surface area contributed by atoms with Crippen molar-refractivity contribution < 1.29 is 4.42 Å². The molecule has 0 saturated heterocycles. The van der Waals surface area contributed by atoms with Crippen LogP contribution in [0.5, 0.6) is 0 Å². The van der Waals surface area contributed by atoms with Crippen LogP contribution in [-0.2, 0) is 0 Å². The molecule has 0 radical (unpaired) electrons. The van der Waals surface area contributed by atoms with E-state index in [1.54, 1.807) is 0 Å². The average Bonchev–Trinajstić information content (AvgIpc) is 3.54. The molecule has 0 N–H and O–H groups in total. The first-order valence-corrected chi connectivity index (χ1v) is 14.0. The summed E-state index contributed by atoms with van der Waals surface area (Å²) in [5.41, 5.74) is 10.7. The number of furan rings is 1. The predicted octanol–water partition coefficient (Wildman–Crippen LogP) is 9.90. The third-order valence-electron chi connectivity index (χ3n) is 7.82. The highest BCUT2D eigenvalue weighted by molar-refractivity contribution is 6.06. The molecule has 0 amide bonds. The number of imidazole rings is 1. The second kappa shape index (κ2) is 9.49. The highest BCUT2D eigenvalue weighted by Crippen LogP contribution is 2.39. The Morgan fingerprint density at radius 2 is 1.35 bits per heavy atom. The van der Waals surface area contributed by atoms with Crippen LogP contribution in [0.15, 0.2) is 108 Å². The first-order valence-electron chi connectivity index (χ1n) is 14.0. The van der Waals surface area contributed by atoms with E-state index in [9.17, 15) is 0 Å². The van der Waals surface area contributed by atoms with E-state index in [2.05, 4.69) is 117 Å². The van der Waals surface area contributed by atoms with Crippen LogP contribution in [0.1, 0.15) is 50.7 Å². The minimum Gasteiger partial charge on any atom is -0.438 e. The number of rotatable bonds is 5. The fourth-order valence-electron chi connectivity index (χ4n) is 5.81. The summed E-state index contributed by atoms with van der Waals surface area (Å²) in [5.74, 6) is 1.61. The van der Waals surface area contributed by atoms with Gasteiger partial charge in [-0.1, -0.05) is 94.4 Å². The van der Waals surface area contributed by atoms with Crippen molar-refractivity contribution in [1.29, 1.82) is 0 Å². The molecule has 3 heterocycles. The summed E-state index contributed by atoms with van der Waals surface area (Å²) in [7, 11) is 0. The molecule has 196 valence electrons. The van der Waals surface area contributed by atoms with Gasteiger partial charge in [-0.2, -0.15) is 0 Å². The Morgan fingerprint density at radius 1 is 0.650 bits per heavy atom. The number of para-hydroxylation sites is 3. The zero-order valence-electron chi connectivity index (χ0n) is 23.2. The molecule has 3 aromatic heterocycles. The van der Waals surface area contributed by atoms with E-state index in [1.807, 2.05) is 18.3 Å². The summed E-state index contributed by atoms with van der Waals surface area (Å²) in [4.78, 5) is 9.99. The lowest BCUT2D eigenvalue weighted by Crippen LogP contribution is -2.08. The molecule has 0 unspecified atom stereocenters. The van der Waals surface area contributed by atoms with Gasteiger partial charge in [0, 0.05) is 22.5 Å². The third-order valence-corrected chi connectivity index (χ3v) is 7.82. The fraction of sp³-hybridized carbons (Fsp3) is 0.167. The Labute approximate surface area is 233 Å². The molecule has 0 spiro atoms. The van der Waals surface area contributed by atoms with E-state index in [4.69, 9.17) is 14.4 Å². The van der Waals surface area contributed by atoms with Crippen molar-refractivity contribution in [2.75, 3.05) is 0 Å². The minimum absolute atomic E-state index is 0.359. The number of fused-ring (bicyclic) bond motifs is 4. The SMILES string of the molecule is CC(C)c1cccc(C(C)C)c1-n1c(-c2cnc3oc4ccc(-c5ccccc5)cc4c3c2)nc2ccccc21. The van der Waals surface area contributed by atoms with Crippen molar-refractivity contribution in [3.63, 3.8) is 0 Å². The predicted molar refractivity (Wildman–Crippen MR) is 165 cm³/mol. The Balaban J connectivity index is 1.51. The van der Waals surface area contributed by atoms with Crippen LogP contribution in [0.25, 0.3) is 61.3 Å². The molecule has 0 aliphatic heterocycles. The molecule has 4 heteroatoms. The lowest BCUT2D eigenvalue weighted by atomic mass is 9.92. The van der Waals surface area contributed by atoms with Crippen molar-refractivity contribution in [2.24, 2.45) is 0 Å². The van der Waals surface area contributed by atoms with Crippen molar-refractivity contribution in [3.8, 4) is 28.2 Å². The summed E-state index contributed by atoms with van der Waals surface area (Å²) in [5, 5.41) is 2.05. The lowest BCUT2D eigenvalue weighted by molar-refractivity contribution is 0.654. The largest absolute Gasteiger partial charge is 0.438 e. The van der Waals surface area contributed by atoms with E-state index in [1.165, 1.54) is 22.4 Å². The van der Waals surface area contributed by atoms with Gasteiger partial charge in [-0.25, -0.2) is 9.97 Å². The van der Waals surface area contributed by atoms with E-state index in [0.717, 1.165) is 44.3 Å². The summed E-state index contributed by atoms with van der Waals surface area (Å²) < 4.78 is 8.52. The number of benzene rings is 4. The van der Waals surface area contributed by atoms with Gasteiger partial charge in [-0.05, 0) is 64.4 Å². The van der Waals surface area contributed by atoms with Gasteiger partial charge in [-0.3, -0.25) is 4.57 Å². The normalized spacial score (nSPS) is 11.9. The summed E-state index contributed by atoms with van der Waals surface area (Å²) >= 11 is 0. The molecule has 0 aliphatic carbocycles. The number of pyridine rings is 1. The van der Waals surface area contributed by atoms with Crippen LogP contribution < -0.4 is 0 Å². The highest BCUT2D eigenvalue weighted by atomic mass is 16.3. The summed E-state index contributed by atoms with van der Waals surface area (Å²) in [6.45, 7) is 9.04. The first kappa shape index (κ1) is 24.3. The maximum Gasteiger partial charge on any atom is 0.227 e. The quantitative estimate of drug-likeness (QED) is 0.226. The summed E-state index contributed by atoms with van der Waals surface area (Å²) in [6, 6.07) is 34.1. The maximum absolute atomic E-state index is 6.17. The lowest BCUT2D eigenvalue weighted by Gasteiger charge is -2.22. The zero-order valence-corrected chi connectivity index (χ0v) is 23.2. The molecule has 7 rings (SSSR count). The molecule has 0 bridgehead atoms. The maximum atomic E-state index is 6.17. The van der Waals surface area contributed by atoms with Crippen molar-refractivity contribution in [1.82, 2.24) is 14.5 Å². The Morgan fingerprint density at radius 3 is 2.10 bits per heavy atom. The van der Waals surface area contributed by atoms with Gasteiger partial charge in [0.15, 0.2) is 0 Å². The van der Waals surface area contributed by atoms with E-state index >= 15 is 0 Å². The van der Waals surface area contributed by atoms with E-state index < -0.39 is 0 Å². The number of aromatic nitrogens is 3. The monoisotopic (exact) mass is 521 g/mol. The van der Waals surface area contributed by atoms with Crippen LogP contribution in [0.2, 0.25) is 0 Å². The Bertz CT molecular complexity index is 1990. The standard InChI is InChI=1S/C36H31N3O/c1-22(2)27-13-10-14-28(23(3)4)34(27)39-32-16-9-8-15-31(32)38-35(39)26-20-30-29-19-25(24-11-6-5-7-12-24)17-18-33(29)40-36(30)37-21-26/h5-23H,1-4H3. The van der Waals surface area contributed by atoms with Crippen LogP contribution in [0.4, 0.5) is 0 Å². The zero-order chi connectivity index (χ0) is 27.4. The first-order chi connectivity index (χ1) is 19.5. The van der Waals surface area contributed by atoms with E-state index in [0.29, 0.717) is 17.5 Å². The molecule has 0 atom stereocenters. The fourth-order valence-corrected chi connectivity index (χ4v) is 5.81. The van der Waals surface area contributed by atoms with Gasteiger partial charge in [-0.15, -0.1) is 0 Å². The van der Waals surface area contributed by atoms with Gasteiger partial charge in [0.1, 0.15) is 11.4 Å².